The highest BCUT2D eigenvalue weighted by molar-refractivity contribution is 6.14. The first-order chi connectivity index (χ1) is 15.7. The lowest BCUT2D eigenvalue weighted by Gasteiger charge is -2.15. The summed E-state index contributed by atoms with van der Waals surface area (Å²) in [6, 6.07) is 4.01. The summed E-state index contributed by atoms with van der Waals surface area (Å²) in [6.07, 6.45) is 1.77. The number of benzene rings is 1. The SMILES string of the molecule is CN/C=C(/Nc1nc(C)nc2[nH]c3cc(-c4c(C)noc4C)c(OC)cc3c12)C(=N)C(C)C. The fourth-order valence-corrected chi connectivity index (χ4v) is 4.02. The van der Waals surface area contributed by atoms with Gasteiger partial charge in [0.2, 0.25) is 0 Å². The number of H-pyrrole nitrogens is 1. The molecule has 3 heterocycles. The van der Waals surface area contributed by atoms with E-state index >= 15 is 0 Å². The number of hydrogen-bond donors (Lipinski definition) is 4. The van der Waals surface area contributed by atoms with Gasteiger partial charge in [-0.05, 0) is 38.8 Å². The van der Waals surface area contributed by atoms with Gasteiger partial charge in [0.1, 0.15) is 28.8 Å². The highest BCUT2D eigenvalue weighted by Crippen LogP contribution is 2.40. The van der Waals surface area contributed by atoms with Gasteiger partial charge in [-0.3, -0.25) is 0 Å². The standard InChI is InChI=1S/C24H29N7O2/c1-11(2)22(25)18(10-26-6)30-24-21-15-9-19(32-7)16(20-12(3)31-33-13(20)4)8-17(15)29-23(21)27-14(5)28-24/h8-11,25-26H,1-7H3,(H2,27,28,29,30)/b18-10+,25-22?. The van der Waals surface area contributed by atoms with E-state index in [0.717, 1.165) is 38.9 Å². The van der Waals surface area contributed by atoms with Gasteiger partial charge in [0.15, 0.2) is 0 Å². The van der Waals surface area contributed by atoms with Crippen LogP contribution in [0.1, 0.15) is 31.1 Å². The second-order valence-electron chi connectivity index (χ2n) is 8.31. The van der Waals surface area contributed by atoms with Crippen LogP contribution in [0.15, 0.2) is 28.6 Å². The molecule has 0 saturated carbocycles. The van der Waals surface area contributed by atoms with Gasteiger partial charge in [-0.25, -0.2) is 9.97 Å². The number of hydrogen-bond acceptors (Lipinski definition) is 8. The topological polar surface area (TPSA) is 125 Å². The Balaban J connectivity index is 1.96. The Kier molecular flexibility index (Phi) is 5.80. The molecule has 9 nitrogen and oxygen atoms in total. The maximum Gasteiger partial charge on any atom is 0.144 e. The van der Waals surface area contributed by atoms with E-state index in [1.165, 1.54) is 0 Å². The lowest BCUT2D eigenvalue weighted by atomic mass is 10.0. The molecule has 9 heteroatoms. The number of anilines is 1. The number of aromatic amines is 1. The molecule has 4 N–H and O–H groups in total. The van der Waals surface area contributed by atoms with Crippen LogP contribution in [0, 0.1) is 32.1 Å². The Morgan fingerprint density at radius 3 is 2.58 bits per heavy atom. The second-order valence-corrected chi connectivity index (χ2v) is 8.31. The van der Waals surface area contributed by atoms with Gasteiger partial charge in [-0.2, -0.15) is 0 Å². The van der Waals surface area contributed by atoms with Crippen molar-refractivity contribution in [2.75, 3.05) is 19.5 Å². The highest BCUT2D eigenvalue weighted by atomic mass is 16.5. The van der Waals surface area contributed by atoms with Gasteiger partial charge in [0, 0.05) is 29.7 Å². The molecule has 0 fully saturated rings. The molecule has 4 aromatic rings. The van der Waals surface area contributed by atoms with Crippen LogP contribution in [0.25, 0.3) is 33.1 Å². The van der Waals surface area contributed by atoms with Crippen LogP contribution in [-0.4, -0.2) is 40.0 Å². The molecule has 0 aliphatic heterocycles. The summed E-state index contributed by atoms with van der Waals surface area (Å²) in [7, 11) is 3.46. The van der Waals surface area contributed by atoms with Crippen molar-refractivity contribution >= 4 is 33.5 Å². The minimum Gasteiger partial charge on any atom is -0.496 e. The number of fused-ring (bicyclic) bond motifs is 3. The van der Waals surface area contributed by atoms with E-state index in [2.05, 4.69) is 30.7 Å². The van der Waals surface area contributed by atoms with Crippen LogP contribution in [-0.2, 0) is 0 Å². The van der Waals surface area contributed by atoms with Gasteiger partial charge in [0.05, 0.1) is 35.2 Å². The quantitative estimate of drug-likeness (QED) is 0.299. The molecule has 4 rings (SSSR count). The maximum atomic E-state index is 8.50. The van der Waals surface area contributed by atoms with Gasteiger partial charge in [-0.1, -0.05) is 19.0 Å². The molecular formula is C24H29N7O2. The highest BCUT2D eigenvalue weighted by Gasteiger charge is 2.21. The maximum absolute atomic E-state index is 8.50. The number of nitrogens with zero attached hydrogens (tertiary/aromatic N) is 3. The minimum absolute atomic E-state index is 0.0520. The van der Waals surface area contributed by atoms with Crippen molar-refractivity contribution in [3.63, 3.8) is 0 Å². The van der Waals surface area contributed by atoms with Crippen molar-refractivity contribution in [2.45, 2.75) is 34.6 Å². The smallest absolute Gasteiger partial charge is 0.144 e. The molecule has 0 atom stereocenters. The summed E-state index contributed by atoms with van der Waals surface area (Å²) in [4.78, 5) is 12.7. The molecular weight excluding hydrogens is 418 g/mol. The van der Waals surface area contributed by atoms with Crippen molar-refractivity contribution in [1.29, 1.82) is 5.41 Å². The Morgan fingerprint density at radius 1 is 1.21 bits per heavy atom. The van der Waals surface area contributed by atoms with Gasteiger partial charge >= 0.3 is 0 Å². The van der Waals surface area contributed by atoms with Crippen molar-refractivity contribution < 1.29 is 9.26 Å². The molecule has 0 saturated heterocycles. The largest absolute Gasteiger partial charge is 0.496 e. The number of nitrogens with one attached hydrogen (secondary N) is 4. The molecule has 0 spiro atoms. The third-order valence-electron chi connectivity index (χ3n) is 5.59. The van der Waals surface area contributed by atoms with Crippen LogP contribution < -0.4 is 15.4 Å². The molecule has 0 amide bonds. The zero-order valence-corrected chi connectivity index (χ0v) is 20.0. The molecule has 0 aliphatic carbocycles. The fourth-order valence-electron chi connectivity index (χ4n) is 4.02. The van der Waals surface area contributed by atoms with E-state index in [1.54, 1.807) is 13.3 Å². The lowest BCUT2D eigenvalue weighted by Crippen LogP contribution is -2.19. The van der Waals surface area contributed by atoms with Gasteiger partial charge in [-0.15, -0.1) is 0 Å². The van der Waals surface area contributed by atoms with Crippen LogP contribution >= 0.6 is 0 Å². The molecule has 0 aliphatic rings. The third kappa shape index (κ3) is 3.90. The first-order valence-corrected chi connectivity index (χ1v) is 10.8. The van der Waals surface area contributed by atoms with Crippen LogP contribution in [0.4, 0.5) is 5.82 Å². The molecule has 0 radical (unpaired) electrons. The number of aryl methyl sites for hydroxylation is 3. The summed E-state index contributed by atoms with van der Waals surface area (Å²) in [5, 5.41) is 20.7. The zero-order chi connectivity index (χ0) is 23.9. The number of methoxy groups -OCH3 is 1. The van der Waals surface area contributed by atoms with Crippen LogP contribution in [0.2, 0.25) is 0 Å². The average Bonchev–Trinajstić information content (AvgIpc) is 3.29. The van der Waals surface area contributed by atoms with E-state index in [1.807, 2.05) is 53.8 Å². The Labute approximate surface area is 192 Å². The van der Waals surface area contributed by atoms with Crippen molar-refractivity contribution in [3.05, 3.63) is 41.3 Å². The summed E-state index contributed by atoms with van der Waals surface area (Å²) in [5.74, 6) is 2.73. The van der Waals surface area contributed by atoms with Crippen LogP contribution in [0.5, 0.6) is 5.75 Å². The van der Waals surface area contributed by atoms with E-state index in [-0.39, 0.29) is 5.92 Å². The zero-order valence-electron chi connectivity index (χ0n) is 20.0. The Bertz CT molecular complexity index is 1380. The van der Waals surface area contributed by atoms with E-state index in [0.29, 0.717) is 34.4 Å². The predicted octanol–water partition coefficient (Wildman–Crippen LogP) is 4.85. The number of ether oxygens (including phenoxy) is 1. The fraction of sp³-hybridized carbons (Fsp3) is 0.333. The molecule has 3 aromatic heterocycles. The summed E-state index contributed by atoms with van der Waals surface area (Å²) in [6.45, 7) is 9.63. The number of aromatic nitrogens is 4. The average molecular weight is 448 g/mol. The number of rotatable bonds is 7. The summed E-state index contributed by atoms with van der Waals surface area (Å²) < 4.78 is 11.1. The monoisotopic (exact) mass is 447 g/mol. The van der Waals surface area contributed by atoms with E-state index in [4.69, 9.17) is 14.7 Å². The van der Waals surface area contributed by atoms with E-state index < -0.39 is 0 Å². The summed E-state index contributed by atoms with van der Waals surface area (Å²) in [5.41, 5.74) is 5.34. The molecule has 172 valence electrons. The molecule has 0 bridgehead atoms. The first-order valence-electron chi connectivity index (χ1n) is 10.8. The minimum atomic E-state index is 0.0520. The van der Waals surface area contributed by atoms with Gasteiger partial charge in [0.25, 0.3) is 0 Å². The third-order valence-corrected chi connectivity index (χ3v) is 5.59. The normalized spacial score (nSPS) is 12.1. The summed E-state index contributed by atoms with van der Waals surface area (Å²) >= 11 is 0. The van der Waals surface area contributed by atoms with E-state index in [9.17, 15) is 0 Å². The molecule has 0 unspecified atom stereocenters. The Hall–Kier alpha value is -3.88. The number of allylic oxidation sites excluding steroid dienone is 1. The molecule has 33 heavy (non-hydrogen) atoms. The predicted molar refractivity (Wildman–Crippen MR) is 131 cm³/mol. The second kappa shape index (κ2) is 8.57. The lowest BCUT2D eigenvalue weighted by molar-refractivity contribution is 0.393. The van der Waals surface area contributed by atoms with Gasteiger partial charge < -0.3 is 30.3 Å². The van der Waals surface area contributed by atoms with Crippen LogP contribution in [0.3, 0.4) is 0 Å². The molecule has 1 aromatic carbocycles. The van der Waals surface area contributed by atoms with Crippen molar-refractivity contribution in [2.24, 2.45) is 5.92 Å². The van der Waals surface area contributed by atoms with Crippen molar-refractivity contribution in [3.8, 4) is 16.9 Å². The Morgan fingerprint density at radius 2 is 1.97 bits per heavy atom. The van der Waals surface area contributed by atoms with Crippen molar-refractivity contribution in [1.82, 2.24) is 25.4 Å². The first kappa shape index (κ1) is 22.3.